The third-order valence-electron chi connectivity index (χ3n) is 2.78. The van der Waals surface area contributed by atoms with E-state index in [0.29, 0.717) is 0 Å². The third kappa shape index (κ3) is 1.61. The molecule has 1 unspecified atom stereocenters. The van der Waals surface area contributed by atoms with E-state index in [4.69, 9.17) is 11.3 Å². The Kier molecular flexibility index (Phi) is 2.78. The molecule has 1 atom stereocenters. The van der Waals surface area contributed by atoms with Gasteiger partial charge in [-0.1, -0.05) is 24.3 Å². The zero-order valence-corrected chi connectivity index (χ0v) is 9.40. The van der Waals surface area contributed by atoms with Crippen LogP contribution in [-0.4, -0.2) is 7.11 Å². The number of methoxy groups -OCH3 is 1. The Morgan fingerprint density at radius 3 is 2.44 bits per heavy atom. The Morgan fingerprint density at radius 1 is 1.12 bits per heavy atom. The van der Waals surface area contributed by atoms with Crippen LogP contribution < -0.4 is 4.74 Å². The van der Waals surface area contributed by atoms with Crippen LogP contribution in [0, 0.1) is 6.57 Å². The monoisotopic (exact) mass is 211 g/mol. The van der Waals surface area contributed by atoms with Crippen molar-refractivity contribution in [2.75, 3.05) is 7.11 Å². The van der Waals surface area contributed by atoms with E-state index in [2.05, 4.69) is 4.85 Å². The van der Waals surface area contributed by atoms with Gasteiger partial charge in [0.25, 0.3) is 0 Å². The van der Waals surface area contributed by atoms with Crippen molar-refractivity contribution >= 4 is 10.8 Å². The standard InChI is InChI=1S/C14H13NO/c1-10(15-2)11-8-9-14(16-3)13-7-5-4-6-12(11)13/h4-10H,1,3H3. The molecule has 0 saturated heterocycles. The van der Waals surface area contributed by atoms with E-state index in [-0.39, 0.29) is 6.04 Å². The van der Waals surface area contributed by atoms with Crippen LogP contribution in [-0.2, 0) is 0 Å². The van der Waals surface area contributed by atoms with Gasteiger partial charge in [-0.3, -0.25) is 0 Å². The van der Waals surface area contributed by atoms with Crippen LogP contribution in [0.2, 0.25) is 0 Å². The minimum Gasteiger partial charge on any atom is -0.496 e. The topological polar surface area (TPSA) is 13.6 Å². The Balaban J connectivity index is 2.75. The van der Waals surface area contributed by atoms with Crippen LogP contribution >= 0.6 is 0 Å². The second-order valence-electron chi connectivity index (χ2n) is 3.71. The van der Waals surface area contributed by atoms with Crippen LogP contribution in [0.3, 0.4) is 0 Å². The van der Waals surface area contributed by atoms with E-state index in [1.807, 2.05) is 43.3 Å². The van der Waals surface area contributed by atoms with Crippen LogP contribution in [0.4, 0.5) is 0 Å². The normalized spacial score (nSPS) is 12.1. The van der Waals surface area contributed by atoms with Crippen molar-refractivity contribution in [1.29, 1.82) is 0 Å². The van der Waals surface area contributed by atoms with Gasteiger partial charge in [-0.15, -0.1) is 0 Å². The summed E-state index contributed by atoms with van der Waals surface area (Å²) in [5, 5.41) is 2.17. The number of rotatable bonds is 2. The molecule has 2 nitrogen and oxygen atoms in total. The molecule has 16 heavy (non-hydrogen) atoms. The van der Waals surface area contributed by atoms with Crippen LogP contribution in [0.25, 0.3) is 15.6 Å². The Labute approximate surface area is 95.3 Å². The van der Waals surface area contributed by atoms with Gasteiger partial charge in [0.2, 0.25) is 6.04 Å². The van der Waals surface area contributed by atoms with Gasteiger partial charge in [0.15, 0.2) is 0 Å². The predicted molar refractivity (Wildman–Crippen MR) is 65.5 cm³/mol. The van der Waals surface area contributed by atoms with Gasteiger partial charge in [-0.2, -0.15) is 0 Å². The summed E-state index contributed by atoms with van der Waals surface area (Å²) in [6, 6.07) is 11.8. The SMILES string of the molecule is [C-]#[N+]C(C)c1ccc(OC)c2ccccc12. The molecule has 2 rings (SSSR count). The highest BCUT2D eigenvalue weighted by molar-refractivity contribution is 5.91. The second kappa shape index (κ2) is 4.24. The summed E-state index contributed by atoms with van der Waals surface area (Å²) >= 11 is 0. The first-order chi connectivity index (χ1) is 7.77. The zero-order valence-electron chi connectivity index (χ0n) is 9.40. The molecule has 2 aromatic rings. The van der Waals surface area contributed by atoms with Crippen molar-refractivity contribution in [3.05, 3.63) is 53.4 Å². The van der Waals surface area contributed by atoms with Crippen LogP contribution in [0.15, 0.2) is 36.4 Å². The van der Waals surface area contributed by atoms with Crippen molar-refractivity contribution in [3.63, 3.8) is 0 Å². The third-order valence-corrected chi connectivity index (χ3v) is 2.78. The maximum absolute atomic E-state index is 7.11. The average molecular weight is 211 g/mol. The number of hydrogen-bond acceptors (Lipinski definition) is 1. The summed E-state index contributed by atoms with van der Waals surface area (Å²) in [5.74, 6) is 0.858. The molecule has 0 radical (unpaired) electrons. The lowest BCUT2D eigenvalue weighted by atomic mass is 9.99. The van der Waals surface area contributed by atoms with E-state index in [9.17, 15) is 0 Å². The lowest BCUT2D eigenvalue weighted by Gasteiger charge is -2.09. The number of benzene rings is 2. The molecule has 0 aromatic heterocycles. The molecule has 0 N–H and O–H groups in total. The maximum Gasteiger partial charge on any atom is 0.246 e. The fourth-order valence-electron chi connectivity index (χ4n) is 1.91. The molecule has 0 bridgehead atoms. The molecule has 0 aliphatic carbocycles. The number of fused-ring (bicyclic) bond motifs is 1. The predicted octanol–water partition coefficient (Wildman–Crippen LogP) is 3.83. The van der Waals surface area contributed by atoms with Crippen molar-refractivity contribution in [2.45, 2.75) is 13.0 Å². The molecule has 0 spiro atoms. The fourth-order valence-corrected chi connectivity index (χ4v) is 1.91. The highest BCUT2D eigenvalue weighted by Gasteiger charge is 2.14. The van der Waals surface area contributed by atoms with Gasteiger partial charge >= 0.3 is 0 Å². The summed E-state index contributed by atoms with van der Waals surface area (Å²) in [6.07, 6.45) is 0. The summed E-state index contributed by atoms with van der Waals surface area (Å²) in [6.45, 7) is 9.03. The smallest absolute Gasteiger partial charge is 0.246 e. The Morgan fingerprint density at radius 2 is 1.81 bits per heavy atom. The molecular formula is C14H13NO. The summed E-state index contributed by atoms with van der Waals surface area (Å²) in [7, 11) is 1.67. The van der Waals surface area contributed by atoms with Crippen molar-refractivity contribution < 1.29 is 4.74 Å². The van der Waals surface area contributed by atoms with E-state index in [1.54, 1.807) is 7.11 Å². The van der Waals surface area contributed by atoms with Crippen molar-refractivity contribution in [2.24, 2.45) is 0 Å². The van der Waals surface area contributed by atoms with Crippen molar-refractivity contribution in [1.82, 2.24) is 0 Å². The lowest BCUT2D eigenvalue weighted by molar-refractivity contribution is 0.419. The molecule has 0 heterocycles. The van der Waals surface area contributed by atoms with E-state index >= 15 is 0 Å². The highest BCUT2D eigenvalue weighted by Crippen LogP contribution is 2.32. The van der Waals surface area contributed by atoms with E-state index < -0.39 is 0 Å². The molecular weight excluding hydrogens is 198 g/mol. The number of hydrogen-bond donors (Lipinski definition) is 0. The molecule has 0 aliphatic rings. The molecule has 0 fully saturated rings. The molecule has 2 heteroatoms. The zero-order chi connectivity index (χ0) is 11.5. The minimum atomic E-state index is -0.115. The van der Waals surface area contributed by atoms with Crippen molar-refractivity contribution in [3.8, 4) is 5.75 Å². The molecule has 0 saturated carbocycles. The molecule has 0 amide bonds. The van der Waals surface area contributed by atoms with E-state index in [0.717, 1.165) is 22.1 Å². The minimum absolute atomic E-state index is 0.115. The molecule has 0 aliphatic heterocycles. The van der Waals surface area contributed by atoms with Gasteiger partial charge in [-0.05, 0) is 17.5 Å². The van der Waals surface area contributed by atoms with Gasteiger partial charge in [0.05, 0.1) is 7.11 Å². The first-order valence-electron chi connectivity index (χ1n) is 5.20. The number of nitrogens with zero attached hydrogens (tertiary/aromatic N) is 1. The maximum atomic E-state index is 7.11. The Hall–Kier alpha value is -2.01. The average Bonchev–Trinajstić information content (AvgIpc) is 2.36. The fraction of sp³-hybridized carbons (Fsp3) is 0.214. The van der Waals surface area contributed by atoms with Crippen LogP contribution in [0.5, 0.6) is 5.75 Å². The first kappa shape index (κ1) is 10.5. The number of ether oxygens (including phenoxy) is 1. The first-order valence-corrected chi connectivity index (χ1v) is 5.20. The highest BCUT2D eigenvalue weighted by atomic mass is 16.5. The quantitative estimate of drug-likeness (QED) is 0.688. The largest absolute Gasteiger partial charge is 0.496 e. The van der Waals surface area contributed by atoms with Crippen LogP contribution in [0.1, 0.15) is 18.5 Å². The molecule has 2 aromatic carbocycles. The van der Waals surface area contributed by atoms with Gasteiger partial charge in [-0.25, -0.2) is 6.57 Å². The summed E-state index contributed by atoms with van der Waals surface area (Å²) in [5.41, 5.74) is 1.06. The Bertz CT molecular complexity index is 554. The van der Waals surface area contributed by atoms with Gasteiger partial charge in [0, 0.05) is 17.9 Å². The summed E-state index contributed by atoms with van der Waals surface area (Å²) in [4.78, 5) is 3.57. The van der Waals surface area contributed by atoms with E-state index in [1.165, 1.54) is 0 Å². The van der Waals surface area contributed by atoms with Gasteiger partial charge < -0.3 is 9.58 Å². The molecule has 80 valence electrons. The second-order valence-corrected chi connectivity index (χ2v) is 3.71. The van der Waals surface area contributed by atoms with Gasteiger partial charge in [0.1, 0.15) is 5.75 Å². The summed E-state index contributed by atoms with van der Waals surface area (Å²) < 4.78 is 5.32. The lowest BCUT2D eigenvalue weighted by Crippen LogP contribution is -1.92.